The Morgan fingerprint density at radius 1 is 0.953 bits per heavy atom. The molecule has 7 rings (SSSR count). The molecule has 1 saturated carbocycles. The van der Waals surface area contributed by atoms with Crippen molar-refractivity contribution in [1.82, 2.24) is 4.90 Å². The molecule has 6 atom stereocenters. The van der Waals surface area contributed by atoms with Crippen molar-refractivity contribution in [1.29, 1.82) is 0 Å². The quantitative estimate of drug-likeness (QED) is 0.148. The number of imide groups is 2. The highest BCUT2D eigenvalue weighted by Gasteiger charge is 2.76. The maximum absolute atomic E-state index is 14.1. The number of nitrogens with zero attached hydrogens (tertiary/aromatic N) is 3. The van der Waals surface area contributed by atoms with Crippen LogP contribution in [0.4, 0.5) is 11.4 Å². The zero-order valence-electron chi connectivity index (χ0n) is 22.6. The van der Waals surface area contributed by atoms with Gasteiger partial charge in [-0.3, -0.25) is 34.2 Å². The molecule has 12 heteroatoms. The Balaban J connectivity index is 1.41. The number of fused-ring (bicyclic) bond motifs is 5. The number of rotatable bonds is 3. The van der Waals surface area contributed by atoms with Crippen LogP contribution in [0.3, 0.4) is 0 Å². The highest BCUT2D eigenvalue weighted by Crippen LogP contribution is 2.66. The number of aromatic hydroxyl groups is 1. The van der Waals surface area contributed by atoms with Gasteiger partial charge in [-0.2, -0.15) is 0 Å². The van der Waals surface area contributed by atoms with Crippen LogP contribution in [0.2, 0.25) is 0 Å². The van der Waals surface area contributed by atoms with E-state index in [4.69, 9.17) is 23.2 Å². The van der Waals surface area contributed by atoms with Gasteiger partial charge in [0.25, 0.3) is 17.5 Å². The van der Waals surface area contributed by atoms with E-state index in [9.17, 15) is 34.4 Å². The van der Waals surface area contributed by atoms with Gasteiger partial charge in [0.05, 0.1) is 22.4 Å². The fourth-order valence-corrected chi connectivity index (χ4v) is 8.61. The summed E-state index contributed by atoms with van der Waals surface area (Å²) in [6, 6.07) is 15.8. The molecule has 2 aliphatic carbocycles. The van der Waals surface area contributed by atoms with Crippen molar-refractivity contribution < 1.29 is 29.2 Å². The largest absolute Gasteiger partial charge is 0.507 e. The van der Waals surface area contributed by atoms with Crippen molar-refractivity contribution in [2.75, 3.05) is 11.9 Å². The van der Waals surface area contributed by atoms with Gasteiger partial charge in [-0.15, -0.1) is 23.2 Å². The molecular weight excluding hydrogens is 597 g/mol. The lowest BCUT2D eigenvalue weighted by atomic mass is 9.56. The minimum absolute atomic E-state index is 0.0683. The molecule has 0 unspecified atom stereocenters. The van der Waals surface area contributed by atoms with Crippen molar-refractivity contribution in [3.63, 3.8) is 0 Å². The molecule has 3 aromatic carbocycles. The average molecular weight is 620 g/mol. The Morgan fingerprint density at radius 2 is 1.70 bits per heavy atom. The van der Waals surface area contributed by atoms with Gasteiger partial charge in [0.1, 0.15) is 5.75 Å². The van der Waals surface area contributed by atoms with Gasteiger partial charge >= 0.3 is 0 Å². The normalized spacial score (nSPS) is 31.7. The third-order valence-corrected chi connectivity index (χ3v) is 11.0. The Bertz CT molecular complexity index is 1860. The number of phenolic OH excluding ortho intramolecular Hbond substituents is 1. The smallest absolute Gasteiger partial charge is 0.271 e. The lowest BCUT2D eigenvalue weighted by Crippen LogP contribution is -2.60. The molecule has 1 N–H and O–H groups in total. The lowest BCUT2D eigenvalue weighted by molar-refractivity contribution is -0.384. The Morgan fingerprint density at radius 3 is 2.44 bits per heavy atom. The number of anilines is 1. The van der Waals surface area contributed by atoms with E-state index in [1.807, 2.05) is 12.1 Å². The predicted molar refractivity (Wildman–Crippen MR) is 157 cm³/mol. The number of nitro groups is 1. The van der Waals surface area contributed by atoms with Gasteiger partial charge in [-0.05, 0) is 30.2 Å². The third kappa shape index (κ3) is 3.41. The van der Waals surface area contributed by atoms with Crippen LogP contribution in [-0.4, -0.2) is 55.4 Å². The molecule has 0 radical (unpaired) electrons. The number of nitro benzene ring substituents is 1. The van der Waals surface area contributed by atoms with Crippen LogP contribution >= 0.6 is 23.2 Å². The third-order valence-electron chi connectivity index (χ3n) is 9.56. The molecule has 2 heterocycles. The summed E-state index contributed by atoms with van der Waals surface area (Å²) in [5, 5.41) is 24.2. The van der Waals surface area contributed by atoms with E-state index < -0.39 is 62.0 Å². The number of allylic oxidation sites excluding steroid dienone is 2. The van der Waals surface area contributed by atoms with Crippen molar-refractivity contribution in [3.05, 3.63) is 88.0 Å². The number of benzene rings is 3. The van der Waals surface area contributed by atoms with Gasteiger partial charge < -0.3 is 5.11 Å². The number of phenols is 1. The minimum Gasteiger partial charge on any atom is -0.507 e. The molecule has 2 saturated heterocycles. The highest BCUT2D eigenvalue weighted by molar-refractivity contribution is 6.53. The topological polar surface area (TPSA) is 138 Å². The van der Waals surface area contributed by atoms with E-state index in [0.717, 1.165) is 15.2 Å². The standard InChI is InChI=1S/C31H23Cl2N3O7/c1-34-28(40)30(32)14-22-19(24(31(30,33)29(34)41)21-10-9-15-5-2-3-8-18(15)25(21)37)11-12-20-23(22)27(39)35(26(20)38)16-6-4-7-17(13-16)36(42)43/h2-11,13,20,22-24,37H,12,14H2,1H3/t20-,22+,23-,24+,30+,31-/m0/s1. The van der Waals surface area contributed by atoms with E-state index in [-0.39, 0.29) is 35.5 Å². The van der Waals surface area contributed by atoms with E-state index in [2.05, 4.69) is 0 Å². The van der Waals surface area contributed by atoms with Gasteiger partial charge in [0.2, 0.25) is 11.8 Å². The van der Waals surface area contributed by atoms with Crippen molar-refractivity contribution in [3.8, 4) is 5.75 Å². The second-order valence-electron chi connectivity index (χ2n) is 11.5. The molecule has 0 spiro atoms. The molecule has 43 heavy (non-hydrogen) atoms. The maximum atomic E-state index is 14.1. The van der Waals surface area contributed by atoms with Gasteiger partial charge in [-0.1, -0.05) is 54.1 Å². The van der Waals surface area contributed by atoms with Gasteiger partial charge in [-0.25, -0.2) is 4.90 Å². The molecular formula is C31H23Cl2N3O7. The second-order valence-corrected chi connectivity index (χ2v) is 12.8. The van der Waals surface area contributed by atoms with Crippen LogP contribution in [0.5, 0.6) is 5.75 Å². The Hall–Kier alpha value is -4.28. The van der Waals surface area contributed by atoms with Crippen LogP contribution in [0, 0.1) is 27.9 Å². The molecule has 2 aliphatic heterocycles. The van der Waals surface area contributed by atoms with Crippen LogP contribution in [0.1, 0.15) is 24.3 Å². The fourth-order valence-electron chi connectivity index (χ4n) is 7.59. The van der Waals surface area contributed by atoms with E-state index in [1.165, 1.54) is 31.3 Å². The van der Waals surface area contributed by atoms with Crippen LogP contribution in [0.25, 0.3) is 10.8 Å². The van der Waals surface area contributed by atoms with Crippen LogP contribution < -0.4 is 4.90 Å². The van der Waals surface area contributed by atoms with Crippen molar-refractivity contribution in [2.45, 2.75) is 28.5 Å². The molecule has 0 bridgehead atoms. The summed E-state index contributed by atoms with van der Waals surface area (Å²) < 4.78 is 0. The summed E-state index contributed by atoms with van der Waals surface area (Å²) in [5.41, 5.74) is 0.605. The predicted octanol–water partition coefficient (Wildman–Crippen LogP) is 4.65. The fraction of sp³-hybridized carbons (Fsp3) is 0.290. The van der Waals surface area contributed by atoms with Crippen molar-refractivity contribution >= 4 is 69.0 Å². The number of carbonyl (C=O) groups excluding carboxylic acids is 4. The second kappa shape index (κ2) is 9.11. The number of alkyl halides is 2. The summed E-state index contributed by atoms with van der Waals surface area (Å²) in [7, 11) is 1.30. The molecule has 4 aliphatic rings. The molecule has 0 aromatic heterocycles. The Labute approximate surface area is 254 Å². The highest BCUT2D eigenvalue weighted by atomic mass is 35.5. The van der Waals surface area contributed by atoms with E-state index >= 15 is 0 Å². The summed E-state index contributed by atoms with van der Waals surface area (Å²) in [6.07, 6.45) is 1.69. The molecule has 218 valence electrons. The average Bonchev–Trinajstić information content (AvgIpc) is 3.33. The number of likely N-dealkylation sites (tertiary alicyclic amines) is 1. The monoisotopic (exact) mass is 619 g/mol. The number of hydrogen-bond acceptors (Lipinski definition) is 7. The summed E-state index contributed by atoms with van der Waals surface area (Å²) >= 11 is 14.4. The first kappa shape index (κ1) is 27.5. The minimum atomic E-state index is -2.03. The number of non-ortho nitro benzene ring substituents is 1. The van der Waals surface area contributed by atoms with Gasteiger partial charge in [0.15, 0.2) is 9.75 Å². The van der Waals surface area contributed by atoms with E-state index in [1.54, 1.807) is 30.3 Å². The SMILES string of the molecule is CN1C(=O)[C@]2(Cl)C[C@@H]3C(=CC[C@@H]4C(=O)N(c5cccc([N+](=O)[O-])c5)C(=O)[C@@H]43)[C@H](c3ccc4ccccc4c3O)[C@]2(Cl)C1=O. The summed E-state index contributed by atoms with van der Waals surface area (Å²) in [5.74, 6) is -6.37. The van der Waals surface area contributed by atoms with E-state index in [0.29, 0.717) is 11.0 Å². The summed E-state index contributed by atoms with van der Waals surface area (Å²) in [6.45, 7) is 0. The number of hydrogen-bond donors (Lipinski definition) is 1. The number of halogens is 2. The number of amides is 4. The molecule has 10 nitrogen and oxygen atoms in total. The first-order valence-electron chi connectivity index (χ1n) is 13.6. The number of carbonyl (C=O) groups is 4. The molecule has 4 amide bonds. The zero-order valence-corrected chi connectivity index (χ0v) is 24.1. The van der Waals surface area contributed by atoms with Gasteiger partial charge in [0, 0.05) is 36.0 Å². The Kier molecular flexibility index (Phi) is 5.84. The maximum Gasteiger partial charge on any atom is 0.271 e. The molecule has 3 aromatic rings. The summed E-state index contributed by atoms with van der Waals surface area (Å²) in [4.78, 5) is 63.8. The van der Waals surface area contributed by atoms with Crippen LogP contribution in [-0.2, 0) is 19.2 Å². The lowest BCUT2D eigenvalue weighted by Gasteiger charge is -2.50. The first-order chi connectivity index (χ1) is 20.4. The first-order valence-corrected chi connectivity index (χ1v) is 14.4. The zero-order chi connectivity index (χ0) is 30.6. The van der Waals surface area contributed by atoms with Crippen molar-refractivity contribution in [2.24, 2.45) is 17.8 Å². The van der Waals surface area contributed by atoms with Crippen LogP contribution in [0.15, 0.2) is 72.3 Å². The molecule has 3 fully saturated rings.